The van der Waals surface area contributed by atoms with Crippen LogP contribution >= 0.6 is 11.3 Å². The molecule has 1 N–H and O–H groups in total. The average molecular weight is 426 g/mol. The van der Waals surface area contributed by atoms with E-state index in [-0.39, 0.29) is 11.7 Å². The molecule has 2 heterocycles. The van der Waals surface area contributed by atoms with Crippen LogP contribution in [-0.4, -0.2) is 37.1 Å². The minimum atomic E-state index is -0.201. The van der Waals surface area contributed by atoms with Crippen LogP contribution in [0.5, 0.6) is 0 Å². The molecule has 1 amide bonds. The Kier molecular flexibility index (Phi) is 6.11. The van der Waals surface area contributed by atoms with Gasteiger partial charge in [0.1, 0.15) is 18.1 Å². The number of hydrogen-bond acceptors (Lipinski definition) is 4. The highest BCUT2D eigenvalue weighted by atomic mass is 32.1. The van der Waals surface area contributed by atoms with Crippen molar-refractivity contribution >= 4 is 33.8 Å². The van der Waals surface area contributed by atoms with E-state index in [0.29, 0.717) is 5.13 Å². The van der Waals surface area contributed by atoms with E-state index >= 15 is 0 Å². The fraction of sp³-hybridized carbons (Fsp3) is 0.304. The monoisotopic (exact) mass is 425 g/mol. The Morgan fingerprint density at radius 3 is 2.60 bits per heavy atom. The second kappa shape index (κ2) is 8.93. The van der Waals surface area contributed by atoms with Gasteiger partial charge in [-0.1, -0.05) is 12.1 Å². The molecule has 1 fully saturated rings. The molecule has 156 valence electrons. The second-order valence-electron chi connectivity index (χ2n) is 7.71. The highest BCUT2D eigenvalue weighted by molar-refractivity contribution is 7.14. The number of benzene rings is 2. The molecule has 5 nitrogen and oxygen atoms in total. The molecule has 7 heteroatoms. The van der Waals surface area contributed by atoms with Gasteiger partial charge in [0.15, 0.2) is 5.13 Å². The van der Waals surface area contributed by atoms with Crippen molar-refractivity contribution in [1.82, 2.24) is 4.98 Å². The minimum Gasteiger partial charge on any atom is -0.360 e. The molecule has 1 aromatic heterocycles. The first-order valence-corrected chi connectivity index (χ1v) is 11.0. The maximum Gasteiger partial charge on any atom is 0.230 e. The summed E-state index contributed by atoms with van der Waals surface area (Å²) in [6, 6.07) is 14.6. The lowest BCUT2D eigenvalue weighted by Gasteiger charge is -2.33. The summed E-state index contributed by atoms with van der Waals surface area (Å²) >= 11 is 1.51. The zero-order chi connectivity index (χ0) is 21.1. The number of halogens is 1. The number of thiazole rings is 1. The number of piperazine rings is 1. The van der Waals surface area contributed by atoms with Crippen molar-refractivity contribution < 1.29 is 14.1 Å². The quantitative estimate of drug-likeness (QED) is 0.683. The van der Waals surface area contributed by atoms with Gasteiger partial charge in [0.2, 0.25) is 5.91 Å². The number of carbonyl (C=O) groups excluding carboxylic acids is 1. The molecule has 0 spiro atoms. The molecule has 0 bridgehead atoms. The molecule has 0 unspecified atom stereocenters. The number of hydrogen-bond donors (Lipinski definition) is 1. The molecular formula is C23H26FN4OS+. The van der Waals surface area contributed by atoms with Crippen molar-refractivity contribution in [1.29, 1.82) is 0 Å². The molecule has 2 aromatic carbocycles. The van der Waals surface area contributed by atoms with Crippen molar-refractivity contribution in [3.8, 4) is 0 Å². The lowest BCUT2D eigenvalue weighted by molar-refractivity contribution is -0.914. The highest BCUT2D eigenvalue weighted by Crippen LogP contribution is 2.29. The zero-order valence-electron chi connectivity index (χ0n) is 17.3. The smallest absolute Gasteiger partial charge is 0.230 e. The van der Waals surface area contributed by atoms with Crippen LogP contribution in [0.1, 0.15) is 18.2 Å². The molecule has 1 saturated heterocycles. The lowest BCUT2D eigenvalue weighted by atomic mass is 10.2. The van der Waals surface area contributed by atoms with Gasteiger partial charge in [0.05, 0.1) is 31.9 Å². The minimum absolute atomic E-state index is 0.0400. The molecular weight excluding hydrogens is 399 g/mol. The SMILES string of the molecule is CC(=O)N(c1cccc(C)c1)c1nc(C[NH+]2CCN(c3ccc(F)cc3)CC2)cs1. The Morgan fingerprint density at radius 1 is 1.20 bits per heavy atom. The normalized spacial score (nSPS) is 14.7. The first-order valence-electron chi connectivity index (χ1n) is 10.2. The van der Waals surface area contributed by atoms with E-state index in [1.165, 1.54) is 28.4 Å². The topological polar surface area (TPSA) is 40.9 Å². The van der Waals surface area contributed by atoms with Crippen LogP contribution in [0.15, 0.2) is 53.9 Å². The Labute approximate surface area is 180 Å². The molecule has 0 aliphatic carbocycles. The molecule has 1 aliphatic heterocycles. The third-order valence-corrected chi connectivity index (χ3v) is 6.27. The van der Waals surface area contributed by atoms with E-state index in [1.807, 2.05) is 43.3 Å². The fourth-order valence-electron chi connectivity index (χ4n) is 3.84. The standard InChI is InChI=1S/C23H25FN4OS/c1-17-4-3-5-22(14-17)28(18(2)29)23-25-20(16-30-23)15-26-10-12-27(13-11-26)21-8-6-19(24)7-9-21/h3-9,14,16H,10-13,15H2,1-2H3/p+1. The summed E-state index contributed by atoms with van der Waals surface area (Å²) in [7, 11) is 0. The molecule has 0 saturated carbocycles. The maximum absolute atomic E-state index is 13.1. The number of nitrogens with one attached hydrogen (secondary N) is 1. The van der Waals surface area contributed by atoms with E-state index in [9.17, 15) is 9.18 Å². The van der Waals surface area contributed by atoms with Crippen LogP contribution in [-0.2, 0) is 11.3 Å². The summed E-state index contributed by atoms with van der Waals surface area (Å²) in [6.45, 7) is 8.29. The number of aryl methyl sites for hydroxylation is 1. The van der Waals surface area contributed by atoms with Gasteiger partial charge in [-0.25, -0.2) is 9.37 Å². The van der Waals surface area contributed by atoms with E-state index in [0.717, 1.165) is 55.4 Å². The molecule has 4 rings (SSSR count). The van der Waals surface area contributed by atoms with E-state index < -0.39 is 0 Å². The van der Waals surface area contributed by atoms with Gasteiger partial charge in [0, 0.05) is 18.0 Å². The third-order valence-electron chi connectivity index (χ3n) is 5.40. The van der Waals surface area contributed by atoms with Gasteiger partial charge < -0.3 is 9.80 Å². The predicted molar refractivity (Wildman–Crippen MR) is 119 cm³/mol. The number of rotatable bonds is 5. The van der Waals surface area contributed by atoms with Crippen LogP contribution in [0.2, 0.25) is 0 Å². The summed E-state index contributed by atoms with van der Waals surface area (Å²) in [5.74, 6) is -0.241. The number of anilines is 3. The lowest BCUT2D eigenvalue weighted by Crippen LogP contribution is -3.13. The predicted octanol–water partition coefficient (Wildman–Crippen LogP) is 3.18. The summed E-state index contributed by atoms with van der Waals surface area (Å²) in [5, 5.41) is 2.77. The van der Waals surface area contributed by atoms with Gasteiger partial charge >= 0.3 is 0 Å². The molecule has 0 radical (unpaired) electrons. The van der Waals surface area contributed by atoms with Gasteiger partial charge in [-0.15, -0.1) is 11.3 Å². The van der Waals surface area contributed by atoms with Crippen molar-refractivity contribution in [2.24, 2.45) is 0 Å². The van der Waals surface area contributed by atoms with Crippen LogP contribution in [0, 0.1) is 12.7 Å². The Balaban J connectivity index is 1.40. The zero-order valence-corrected chi connectivity index (χ0v) is 18.1. The van der Waals surface area contributed by atoms with Gasteiger partial charge in [-0.2, -0.15) is 0 Å². The fourth-order valence-corrected chi connectivity index (χ4v) is 4.73. The Hall–Kier alpha value is -2.77. The number of nitrogens with zero attached hydrogens (tertiary/aromatic N) is 3. The summed E-state index contributed by atoms with van der Waals surface area (Å²) < 4.78 is 13.1. The molecule has 0 atom stereocenters. The first-order chi connectivity index (χ1) is 14.5. The van der Waals surface area contributed by atoms with E-state index in [1.54, 1.807) is 11.8 Å². The summed E-state index contributed by atoms with van der Waals surface area (Å²) in [5.41, 5.74) is 4.04. The van der Waals surface area contributed by atoms with Crippen molar-refractivity contribution in [3.05, 3.63) is 71.0 Å². The Bertz CT molecular complexity index is 1010. The highest BCUT2D eigenvalue weighted by Gasteiger charge is 2.23. The van der Waals surface area contributed by atoms with Crippen molar-refractivity contribution in [3.63, 3.8) is 0 Å². The van der Waals surface area contributed by atoms with E-state index in [4.69, 9.17) is 4.98 Å². The third kappa shape index (κ3) is 4.68. The number of aromatic nitrogens is 1. The van der Waals surface area contributed by atoms with Crippen LogP contribution in [0.4, 0.5) is 20.9 Å². The van der Waals surface area contributed by atoms with Crippen molar-refractivity contribution in [2.75, 3.05) is 36.0 Å². The number of quaternary nitrogens is 1. The van der Waals surface area contributed by atoms with E-state index in [2.05, 4.69) is 10.3 Å². The molecule has 30 heavy (non-hydrogen) atoms. The van der Waals surface area contributed by atoms with Gasteiger partial charge in [-0.05, 0) is 48.9 Å². The first kappa shape index (κ1) is 20.5. The van der Waals surface area contributed by atoms with Gasteiger partial charge in [0.25, 0.3) is 0 Å². The van der Waals surface area contributed by atoms with Crippen LogP contribution < -0.4 is 14.7 Å². The second-order valence-corrected chi connectivity index (χ2v) is 8.54. The maximum atomic E-state index is 13.1. The Morgan fingerprint density at radius 2 is 1.93 bits per heavy atom. The van der Waals surface area contributed by atoms with Crippen molar-refractivity contribution in [2.45, 2.75) is 20.4 Å². The molecule has 3 aromatic rings. The summed E-state index contributed by atoms with van der Waals surface area (Å²) in [6.07, 6.45) is 0. The molecule has 1 aliphatic rings. The van der Waals surface area contributed by atoms with Crippen LogP contribution in [0.3, 0.4) is 0 Å². The largest absolute Gasteiger partial charge is 0.360 e. The average Bonchev–Trinajstić information content (AvgIpc) is 3.17. The van der Waals surface area contributed by atoms with Crippen LogP contribution in [0.25, 0.3) is 0 Å². The van der Waals surface area contributed by atoms with Gasteiger partial charge in [-0.3, -0.25) is 9.69 Å². The number of carbonyl (C=O) groups is 1. The summed E-state index contributed by atoms with van der Waals surface area (Å²) in [4.78, 5) is 22.5. The number of amides is 1.